The lowest BCUT2D eigenvalue weighted by Crippen LogP contribution is -2.24. The van der Waals surface area contributed by atoms with E-state index in [-0.39, 0.29) is 11.9 Å². The average Bonchev–Trinajstić information content (AvgIpc) is 2.47. The van der Waals surface area contributed by atoms with Crippen molar-refractivity contribution in [3.63, 3.8) is 0 Å². The number of hydrogen-bond donors (Lipinski definition) is 1. The third-order valence-electron chi connectivity index (χ3n) is 2.70. The summed E-state index contributed by atoms with van der Waals surface area (Å²) in [6, 6.07) is 7.94. The second kappa shape index (κ2) is 3.62. The number of rotatable bonds is 1. The lowest BCUT2D eigenvalue weighted by atomic mass is 9.93. The molecule has 74 valence electrons. The molecule has 0 saturated carbocycles. The summed E-state index contributed by atoms with van der Waals surface area (Å²) in [5.74, 6) is 0.428. The Morgan fingerprint density at radius 2 is 2.00 bits per heavy atom. The van der Waals surface area contributed by atoms with E-state index in [9.17, 15) is 4.79 Å². The van der Waals surface area contributed by atoms with E-state index in [1.807, 2.05) is 31.2 Å². The summed E-state index contributed by atoms with van der Waals surface area (Å²) >= 11 is 5.80. The fourth-order valence-corrected chi connectivity index (χ4v) is 2.03. The lowest BCUT2D eigenvalue weighted by molar-refractivity contribution is -0.119. The maximum atomic E-state index is 11.2. The maximum absolute atomic E-state index is 11.2. The van der Waals surface area contributed by atoms with Crippen molar-refractivity contribution in [2.75, 3.05) is 0 Å². The van der Waals surface area contributed by atoms with Crippen molar-refractivity contribution in [3.8, 4) is 0 Å². The molecule has 0 aromatic heterocycles. The van der Waals surface area contributed by atoms with Crippen LogP contribution < -0.4 is 5.32 Å². The van der Waals surface area contributed by atoms with E-state index in [1.165, 1.54) is 5.56 Å². The van der Waals surface area contributed by atoms with Gasteiger partial charge in [-0.1, -0.05) is 23.7 Å². The summed E-state index contributed by atoms with van der Waals surface area (Å²) < 4.78 is 0. The van der Waals surface area contributed by atoms with Crippen LogP contribution in [-0.4, -0.2) is 11.9 Å². The number of carbonyl (C=O) groups excluding carboxylic acids is 1. The van der Waals surface area contributed by atoms with Gasteiger partial charge in [0.15, 0.2) is 0 Å². The van der Waals surface area contributed by atoms with Gasteiger partial charge in [0.1, 0.15) is 0 Å². The van der Waals surface area contributed by atoms with Gasteiger partial charge in [-0.05, 0) is 24.6 Å². The highest BCUT2D eigenvalue weighted by Gasteiger charge is 2.29. The van der Waals surface area contributed by atoms with Gasteiger partial charge in [0.2, 0.25) is 5.91 Å². The zero-order chi connectivity index (χ0) is 10.1. The van der Waals surface area contributed by atoms with Crippen molar-refractivity contribution in [2.45, 2.75) is 25.3 Å². The first-order valence-corrected chi connectivity index (χ1v) is 5.09. The minimum Gasteiger partial charge on any atom is -0.353 e. The molecular formula is C11H12ClNO. The molecular weight excluding hydrogens is 198 g/mol. The summed E-state index contributed by atoms with van der Waals surface area (Å²) in [6.45, 7) is 2.03. The molecule has 0 aliphatic carbocycles. The Hall–Kier alpha value is -1.02. The zero-order valence-electron chi connectivity index (χ0n) is 7.96. The summed E-state index contributed by atoms with van der Waals surface area (Å²) in [4.78, 5) is 11.2. The summed E-state index contributed by atoms with van der Waals surface area (Å²) in [7, 11) is 0. The fourth-order valence-electron chi connectivity index (χ4n) is 1.91. The Bertz CT molecular complexity index is 347. The molecule has 2 rings (SSSR count). The molecule has 1 aromatic rings. The van der Waals surface area contributed by atoms with Crippen molar-refractivity contribution < 1.29 is 4.79 Å². The quantitative estimate of drug-likeness (QED) is 0.756. The topological polar surface area (TPSA) is 29.1 Å². The number of halogens is 1. The second-order valence-electron chi connectivity index (χ2n) is 3.72. The summed E-state index contributed by atoms with van der Waals surface area (Å²) in [6.07, 6.45) is 0.586. The zero-order valence-corrected chi connectivity index (χ0v) is 8.71. The Kier molecular flexibility index (Phi) is 2.46. The van der Waals surface area contributed by atoms with E-state index in [4.69, 9.17) is 11.6 Å². The van der Waals surface area contributed by atoms with Crippen LogP contribution in [0.3, 0.4) is 0 Å². The van der Waals surface area contributed by atoms with Gasteiger partial charge in [-0.2, -0.15) is 0 Å². The van der Waals surface area contributed by atoms with Crippen LogP contribution in [0, 0.1) is 0 Å². The van der Waals surface area contributed by atoms with Gasteiger partial charge >= 0.3 is 0 Å². The van der Waals surface area contributed by atoms with Crippen LogP contribution in [-0.2, 0) is 4.79 Å². The van der Waals surface area contributed by atoms with E-state index in [1.54, 1.807) is 0 Å². The number of amides is 1. The SMILES string of the molecule is C[C@H]1NC(=O)C[C@H]1c1ccc(Cl)cc1. The molecule has 1 saturated heterocycles. The highest BCUT2D eigenvalue weighted by Crippen LogP contribution is 2.28. The fraction of sp³-hybridized carbons (Fsp3) is 0.364. The summed E-state index contributed by atoms with van der Waals surface area (Å²) in [5, 5.41) is 3.64. The minimum atomic E-state index is 0.137. The van der Waals surface area contributed by atoms with Crippen LogP contribution in [0.4, 0.5) is 0 Å². The Morgan fingerprint density at radius 1 is 1.36 bits per heavy atom. The first-order valence-electron chi connectivity index (χ1n) is 4.71. The van der Waals surface area contributed by atoms with E-state index in [0.717, 1.165) is 5.02 Å². The molecule has 2 atom stereocenters. The molecule has 1 fully saturated rings. The number of nitrogens with one attached hydrogen (secondary N) is 1. The van der Waals surface area contributed by atoms with Gasteiger partial charge in [-0.3, -0.25) is 4.79 Å². The van der Waals surface area contributed by atoms with E-state index in [2.05, 4.69) is 5.32 Å². The normalized spacial score (nSPS) is 26.3. The first kappa shape index (κ1) is 9.53. The molecule has 3 heteroatoms. The van der Waals surface area contributed by atoms with Crippen molar-refractivity contribution in [1.82, 2.24) is 5.32 Å². The highest BCUT2D eigenvalue weighted by molar-refractivity contribution is 6.30. The van der Waals surface area contributed by atoms with Crippen LogP contribution in [0.15, 0.2) is 24.3 Å². The van der Waals surface area contributed by atoms with Crippen LogP contribution >= 0.6 is 11.6 Å². The standard InChI is InChI=1S/C11H12ClNO/c1-7-10(6-11(14)13-7)8-2-4-9(12)5-3-8/h2-5,7,10H,6H2,1H3,(H,13,14)/t7-,10-/m1/s1. The smallest absolute Gasteiger partial charge is 0.220 e. The Morgan fingerprint density at radius 3 is 2.50 bits per heavy atom. The molecule has 1 aliphatic heterocycles. The number of hydrogen-bond acceptors (Lipinski definition) is 1. The minimum absolute atomic E-state index is 0.137. The van der Waals surface area contributed by atoms with Gasteiger partial charge in [0.05, 0.1) is 0 Å². The number of benzene rings is 1. The van der Waals surface area contributed by atoms with E-state index >= 15 is 0 Å². The van der Waals surface area contributed by atoms with Crippen molar-refractivity contribution in [1.29, 1.82) is 0 Å². The van der Waals surface area contributed by atoms with Crippen LogP contribution in [0.1, 0.15) is 24.8 Å². The molecule has 1 aliphatic rings. The monoisotopic (exact) mass is 209 g/mol. The van der Waals surface area contributed by atoms with E-state index in [0.29, 0.717) is 12.3 Å². The molecule has 1 amide bonds. The van der Waals surface area contributed by atoms with Crippen molar-refractivity contribution in [3.05, 3.63) is 34.9 Å². The van der Waals surface area contributed by atoms with E-state index < -0.39 is 0 Å². The molecule has 0 bridgehead atoms. The predicted octanol–water partition coefficient (Wildman–Crippen LogP) is 2.33. The maximum Gasteiger partial charge on any atom is 0.220 e. The molecule has 14 heavy (non-hydrogen) atoms. The second-order valence-corrected chi connectivity index (χ2v) is 4.15. The van der Waals surface area contributed by atoms with Crippen molar-refractivity contribution in [2.24, 2.45) is 0 Å². The third kappa shape index (κ3) is 1.75. The molecule has 1 aromatic carbocycles. The highest BCUT2D eigenvalue weighted by atomic mass is 35.5. The third-order valence-corrected chi connectivity index (χ3v) is 2.95. The van der Waals surface area contributed by atoms with Crippen LogP contribution in [0.25, 0.3) is 0 Å². The molecule has 0 spiro atoms. The van der Waals surface area contributed by atoms with Gasteiger partial charge in [-0.25, -0.2) is 0 Å². The van der Waals surface area contributed by atoms with Gasteiger partial charge in [-0.15, -0.1) is 0 Å². The Labute approximate surface area is 88.3 Å². The first-order chi connectivity index (χ1) is 6.66. The molecule has 0 radical (unpaired) electrons. The largest absolute Gasteiger partial charge is 0.353 e. The molecule has 1 N–H and O–H groups in total. The molecule has 2 nitrogen and oxygen atoms in total. The molecule has 0 unspecified atom stereocenters. The van der Waals surface area contributed by atoms with Crippen LogP contribution in [0.2, 0.25) is 5.02 Å². The Balaban J connectivity index is 2.23. The number of carbonyl (C=O) groups is 1. The predicted molar refractivity (Wildman–Crippen MR) is 56.4 cm³/mol. The molecule has 1 heterocycles. The van der Waals surface area contributed by atoms with Gasteiger partial charge in [0, 0.05) is 23.4 Å². The summed E-state index contributed by atoms with van der Waals surface area (Å²) in [5.41, 5.74) is 1.18. The van der Waals surface area contributed by atoms with Gasteiger partial charge in [0.25, 0.3) is 0 Å². The lowest BCUT2D eigenvalue weighted by Gasteiger charge is -2.14. The average molecular weight is 210 g/mol. The van der Waals surface area contributed by atoms with Crippen molar-refractivity contribution >= 4 is 17.5 Å². The van der Waals surface area contributed by atoms with Gasteiger partial charge < -0.3 is 5.32 Å². The van der Waals surface area contributed by atoms with Crippen LogP contribution in [0.5, 0.6) is 0 Å².